The zero-order chi connectivity index (χ0) is 15.1. The summed E-state index contributed by atoms with van der Waals surface area (Å²) in [6.45, 7) is 1.93. The lowest BCUT2D eigenvalue weighted by Gasteiger charge is -2.22. The van der Waals surface area contributed by atoms with Gasteiger partial charge in [-0.05, 0) is 25.9 Å². The normalized spacial score (nSPS) is 15.6. The summed E-state index contributed by atoms with van der Waals surface area (Å²) in [6, 6.07) is 6.36. The average molecular weight is 293 g/mol. The number of nitro groups is 1. The number of nitrogens with zero attached hydrogens (tertiary/aromatic N) is 1. The SMILES string of the molecule is O=C(COC1CCNCC1)NCc1ccccc1[N+](=O)[O-]. The standard InChI is InChI=1S/C14H19N3O4/c18-14(10-21-12-5-7-15-8-6-12)16-9-11-3-1-2-4-13(11)17(19)20/h1-4,12,15H,5-10H2,(H,16,18). The van der Waals surface area contributed by atoms with E-state index in [-0.39, 0.29) is 30.9 Å². The molecule has 2 N–H and O–H groups in total. The Hall–Kier alpha value is -1.99. The minimum absolute atomic E-state index is 0.00863. The van der Waals surface area contributed by atoms with E-state index in [4.69, 9.17) is 4.74 Å². The van der Waals surface area contributed by atoms with Gasteiger partial charge in [0, 0.05) is 18.2 Å². The predicted molar refractivity (Wildman–Crippen MR) is 76.8 cm³/mol. The summed E-state index contributed by atoms with van der Waals surface area (Å²) in [4.78, 5) is 22.1. The van der Waals surface area contributed by atoms with Gasteiger partial charge in [0.05, 0.1) is 11.0 Å². The maximum absolute atomic E-state index is 11.7. The second-order valence-electron chi connectivity index (χ2n) is 4.92. The van der Waals surface area contributed by atoms with E-state index < -0.39 is 4.92 Å². The zero-order valence-corrected chi connectivity index (χ0v) is 11.7. The molecule has 1 amide bonds. The molecule has 0 bridgehead atoms. The molecule has 0 spiro atoms. The van der Waals surface area contributed by atoms with Crippen molar-refractivity contribution in [2.24, 2.45) is 0 Å². The molecule has 0 aromatic heterocycles. The fourth-order valence-corrected chi connectivity index (χ4v) is 2.24. The average Bonchev–Trinajstić information content (AvgIpc) is 2.52. The summed E-state index contributed by atoms with van der Waals surface area (Å²) in [5, 5.41) is 16.7. The van der Waals surface area contributed by atoms with Gasteiger partial charge in [-0.3, -0.25) is 14.9 Å². The Morgan fingerprint density at radius 2 is 2.10 bits per heavy atom. The van der Waals surface area contributed by atoms with E-state index in [0.29, 0.717) is 5.56 Å². The fraction of sp³-hybridized carbons (Fsp3) is 0.500. The minimum Gasteiger partial charge on any atom is -0.368 e. The van der Waals surface area contributed by atoms with Crippen LogP contribution in [0, 0.1) is 10.1 Å². The first kappa shape index (κ1) is 15.4. The highest BCUT2D eigenvalue weighted by Gasteiger charge is 2.16. The third kappa shape index (κ3) is 4.80. The molecular formula is C14H19N3O4. The van der Waals surface area contributed by atoms with E-state index in [1.807, 2.05) is 0 Å². The Morgan fingerprint density at radius 3 is 2.81 bits per heavy atom. The molecule has 0 atom stereocenters. The summed E-state index contributed by atoms with van der Waals surface area (Å²) in [7, 11) is 0. The van der Waals surface area contributed by atoms with Gasteiger partial charge in [0.1, 0.15) is 6.61 Å². The first-order chi connectivity index (χ1) is 10.2. The monoisotopic (exact) mass is 293 g/mol. The van der Waals surface area contributed by atoms with Crippen molar-refractivity contribution in [1.29, 1.82) is 0 Å². The number of nitrogens with one attached hydrogen (secondary N) is 2. The lowest BCUT2D eigenvalue weighted by Crippen LogP contribution is -2.35. The lowest BCUT2D eigenvalue weighted by molar-refractivity contribution is -0.385. The number of piperidine rings is 1. The van der Waals surface area contributed by atoms with E-state index in [2.05, 4.69) is 10.6 Å². The van der Waals surface area contributed by atoms with Crippen LogP contribution in [0.25, 0.3) is 0 Å². The molecule has 0 saturated carbocycles. The van der Waals surface area contributed by atoms with Gasteiger partial charge in [0.15, 0.2) is 0 Å². The van der Waals surface area contributed by atoms with E-state index >= 15 is 0 Å². The number of ether oxygens (including phenoxy) is 1. The van der Waals surface area contributed by atoms with Crippen molar-refractivity contribution in [2.45, 2.75) is 25.5 Å². The first-order valence-corrected chi connectivity index (χ1v) is 6.98. The molecule has 114 valence electrons. The van der Waals surface area contributed by atoms with Crippen molar-refractivity contribution in [3.8, 4) is 0 Å². The van der Waals surface area contributed by atoms with Crippen LogP contribution < -0.4 is 10.6 Å². The van der Waals surface area contributed by atoms with Crippen LogP contribution in [0.5, 0.6) is 0 Å². The molecule has 1 aromatic carbocycles. The highest BCUT2D eigenvalue weighted by atomic mass is 16.6. The van der Waals surface area contributed by atoms with Crippen LogP contribution >= 0.6 is 0 Å². The van der Waals surface area contributed by atoms with Gasteiger partial charge in [-0.2, -0.15) is 0 Å². The minimum atomic E-state index is -0.451. The number of benzene rings is 1. The quantitative estimate of drug-likeness (QED) is 0.602. The molecule has 1 heterocycles. The number of rotatable bonds is 6. The van der Waals surface area contributed by atoms with Crippen LogP contribution in [0.4, 0.5) is 5.69 Å². The number of hydrogen-bond acceptors (Lipinski definition) is 5. The molecule has 1 saturated heterocycles. The molecule has 1 aliphatic heterocycles. The summed E-state index contributed by atoms with van der Waals surface area (Å²) in [6.07, 6.45) is 1.91. The second-order valence-corrected chi connectivity index (χ2v) is 4.92. The molecule has 21 heavy (non-hydrogen) atoms. The van der Waals surface area contributed by atoms with E-state index in [1.54, 1.807) is 18.2 Å². The Bertz CT molecular complexity index is 501. The Labute approximate surface area is 122 Å². The number of carbonyl (C=O) groups is 1. The first-order valence-electron chi connectivity index (χ1n) is 6.98. The van der Waals surface area contributed by atoms with Crippen molar-refractivity contribution in [1.82, 2.24) is 10.6 Å². The smallest absolute Gasteiger partial charge is 0.274 e. The van der Waals surface area contributed by atoms with Gasteiger partial charge in [-0.15, -0.1) is 0 Å². The van der Waals surface area contributed by atoms with Crippen LogP contribution in [0.1, 0.15) is 18.4 Å². The van der Waals surface area contributed by atoms with Crippen molar-refractivity contribution in [3.63, 3.8) is 0 Å². The number of para-hydroxylation sites is 1. The molecule has 0 radical (unpaired) electrons. The highest BCUT2D eigenvalue weighted by molar-refractivity contribution is 5.77. The molecule has 2 rings (SSSR count). The second kappa shape index (κ2) is 7.70. The van der Waals surface area contributed by atoms with Crippen molar-refractivity contribution >= 4 is 11.6 Å². The summed E-state index contributed by atoms with van der Waals surface area (Å²) < 4.78 is 5.52. The van der Waals surface area contributed by atoms with Crippen LogP contribution in [0.2, 0.25) is 0 Å². The van der Waals surface area contributed by atoms with Gasteiger partial charge >= 0.3 is 0 Å². The largest absolute Gasteiger partial charge is 0.368 e. The third-order valence-corrected chi connectivity index (χ3v) is 3.40. The summed E-state index contributed by atoms with van der Waals surface area (Å²) in [5.41, 5.74) is 0.495. The van der Waals surface area contributed by atoms with Crippen LogP contribution in [0.15, 0.2) is 24.3 Å². The van der Waals surface area contributed by atoms with Crippen molar-refractivity contribution in [2.75, 3.05) is 19.7 Å². The van der Waals surface area contributed by atoms with E-state index in [0.717, 1.165) is 25.9 Å². The molecule has 1 aromatic rings. The zero-order valence-electron chi connectivity index (χ0n) is 11.7. The molecule has 7 nitrogen and oxygen atoms in total. The maximum atomic E-state index is 11.7. The van der Waals surface area contributed by atoms with Gasteiger partial charge in [0.25, 0.3) is 5.69 Å². The van der Waals surface area contributed by atoms with Gasteiger partial charge < -0.3 is 15.4 Å². The number of amides is 1. The predicted octanol–water partition coefficient (Wildman–Crippen LogP) is 0.980. The Morgan fingerprint density at radius 1 is 1.38 bits per heavy atom. The highest BCUT2D eigenvalue weighted by Crippen LogP contribution is 2.17. The third-order valence-electron chi connectivity index (χ3n) is 3.40. The molecule has 1 fully saturated rings. The van der Waals surface area contributed by atoms with Crippen LogP contribution in [-0.4, -0.2) is 36.6 Å². The van der Waals surface area contributed by atoms with Crippen molar-refractivity contribution in [3.05, 3.63) is 39.9 Å². The van der Waals surface area contributed by atoms with Gasteiger partial charge in [-0.1, -0.05) is 18.2 Å². The molecule has 1 aliphatic rings. The van der Waals surface area contributed by atoms with Crippen molar-refractivity contribution < 1.29 is 14.5 Å². The number of hydrogen-bond donors (Lipinski definition) is 2. The van der Waals surface area contributed by atoms with Gasteiger partial charge in [-0.25, -0.2) is 0 Å². The Balaban J connectivity index is 1.77. The van der Waals surface area contributed by atoms with Crippen LogP contribution in [0.3, 0.4) is 0 Å². The lowest BCUT2D eigenvalue weighted by atomic mass is 10.1. The number of nitro benzene ring substituents is 1. The molecule has 0 unspecified atom stereocenters. The number of carbonyl (C=O) groups excluding carboxylic acids is 1. The fourth-order valence-electron chi connectivity index (χ4n) is 2.24. The van der Waals surface area contributed by atoms with Gasteiger partial charge in [0.2, 0.25) is 5.91 Å². The summed E-state index contributed by atoms with van der Waals surface area (Å²) in [5.74, 6) is -0.258. The molecular weight excluding hydrogens is 274 g/mol. The van der Waals surface area contributed by atoms with E-state index in [9.17, 15) is 14.9 Å². The van der Waals surface area contributed by atoms with E-state index in [1.165, 1.54) is 6.07 Å². The maximum Gasteiger partial charge on any atom is 0.274 e. The van der Waals surface area contributed by atoms with Crippen LogP contribution in [-0.2, 0) is 16.1 Å². The molecule has 0 aliphatic carbocycles. The Kier molecular flexibility index (Phi) is 5.65. The topological polar surface area (TPSA) is 93.5 Å². The summed E-state index contributed by atoms with van der Waals surface area (Å²) >= 11 is 0. The molecule has 7 heteroatoms.